The van der Waals surface area contributed by atoms with Crippen molar-refractivity contribution in [3.05, 3.63) is 10.4 Å². The van der Waals surface area contributed by atoms with Crippen LogP contribution in [0.25, 0.3) is 10.4 Å². The molecule has 0 N–H and O–H groups in total. The number of rotatable bonds is 12. The maximum absolute atomic E-state index is 9.88. The molecule has 0 aromatic carbocycles. The van der Waals surface area contributed by atoms with Gasteiger partial charge in [-0.05, 0) is 38.8 Å². The van der Waals surface area contributed by atoms with Gasteiger partial charge in [0.15, 0.2) is 8.32 Å². The second-order valence-electron chi connectivity index (χ2n) is 16.9. The highest BCUT2D eigenvalue weighted by Gasteiger charge is 2.54. The summed E-state index contributed by atoms with van der Waals surface area (Å²) in [5.41, 5.74) is 19.5. The number of hydrogen-bond acceptors (Lipinski definition) is 4. The predicted molar refractivity (Wildman–Crippen MR) is 200 cm³/mol. The average Bonchev–Trinajstić information content (AvgIpc) is 2.84. The van der Waals surface area contributed by atoms with Crippen LogP contribution in [0.1, 0.15) is 83.1 Å². The van der Waals surface area contributed by atoms with Crippen molar-refractivity contribution < 1.29 is 13.6 Å². The first-order valence-electron chi connectivity index (χ1n) is 17.0. The average molecular weight is 678 g/mol. The van der Waals surface area contributed by atoms with E-state index in [0.29, 0.717) is 39.9 Å². The van der Waals surface area contributed by atoms with Gasteiger partial charge in [0.2, 0.25) is 8.32 Å². The van der Waals surface area contributed by atoms with Crippen LogP contribution in [0.4, 0.5) is 0 Å². The quantitative estimate of drug-likeness (QED) is 0.0678. The lowest BCUT2D eigenvalue weighted by Gasteiger charge is -2.51. The normalized spacial score (nSPS) is 23.6. The maximum atomic E-state index is 9.88. The number of azide groups is 1. The summed E-state index contributed by atoms with van der Waals surface area (Å²) in [6.07, 6.45) is -1.34. The number of ether oxygens (including phenoxy) is 1. The largest absolute Gasteiger partial charge is 0.413 e. The Hall–Kier alpha value is -0.822. The zero-order valence-electron chi connectivity index (χ0n) is 31.6. The Balaban J connectivity index is 4.07. The van der Waals surface area contributed by atoms with Crippen molar-refractivity contribution in [2.75, 3.05) is 6.61 Å². The minimum atomic E-state index is -2.40. The van der Waals surface area contributed by atoms with Crippen LogP contribution in [0.5, 0.6) is 0 Å². The van der Waals surface area contributed by atoms with Crippen LogP contribution < -0.4 is 0 Å². The third-order valence-electron chi connectivity index (χ3n) is 9.36. The van der Waals surface area contributed by atoms with E-state index in [1.54, 1.807) is 0 Å². The van der Waals surface area contributed by atoms with Gasteiger partial charge in [-0.1, -0.05) is 133 Å². The molecule has 1 heterocycles. The Morgan fingerprint density at radius 2 is 1.09 bits per heavy atom. The van der Waals surface area contributed by atoms with Gasteiger partial charge in [0.05, 0.1) is 24.7 Å². The van der Waals surface area contributed by atoms with Gasteiger partial charge in [-0.2, -0.15) is 0 Å². The summed E-state index contributed by atoms with van der Waals surface area (Å²) in [7, 11) is -8.09. The fourth-order valence-electron chi connectivity index (χ4n) is 7.67. The van der Waals surface area contributed by atoms with Crippen LogP contribution in [0.15, 0.2) is 5.11 Å². The minimum absolute atomic E-state index is 0.288. The Labute approximate surface area is 276 Å². The van der Waals surface area contributed by atoms with Crippen molar-refractivity contribution in [2.45, 2.75) is 180 Å². The van der Waals surface area contributed by atoms with E-state index in [0.717, 1.165) is 0 Å². The van der Waals surface area contributed by atoms with Crippen molar-refractivity contribution in [3.63, 3.8) is 0 Å². The zero-order valence-corrected chi connectivity index (χ0v) is 35.6. The fraction of sp³-hybridized carbons (Fsp3) is 0.882. The molecule has 10 heteroatoms. The lowest BCUT2D eigenvalue weighted by Crippen LogP contribution is -2.61. The van der Waals surface area contributed by atoms with E-state index in [4.69, 9.17) is 13.6 Å². The molecule has 44 heavy (non-hydrogen) atoms. The highest BCUT2D eigenvalue weighted by molar-refractivity contribution is 6.84. The Morgan fingerprint density at radius 1 is 0.682 bits per heavy atom. The molecule has 1 aliphatic rings. The van der Waals surface area contributed by atoms with Gasteiger partial charge in [0, 0.05) is 4.91 Å². The second-order valence-corrected chi connectivity index (χ2v) is 37.3. The fourth-order valence-corrected chi connectivity index (χ4v) is 19.9. The van der Waals surface area contributed by atoms with E-state index in [-0.39, 0.29) is 12.0 Å². The topological polar surface area (TPSA) is 76.5 Å². The van der Waals surface area contributed by atoms with Gasteiger partial charge >= 0.3 is 0 Å². The summed E-state index contributed by atoms with van der Waals surface area (Å²) in [5.74, 6) is 6.88. The molecule has 1 fully saturated rings. The van der Waals surface area contributed by atoms with E-state index < -0.39 is 51.0 Å². The summed E-state index contributed by atoms with van der Waals surface area (Å²) >= 11 is 0. The first-order chi connectivity index (χ1) is 20.0. The Kier molecular flexibility index (Phi) is 15.3. The second kappa shape index (κ2) is 16.3. The number of hydrogen-bond donors (Lipinski definition) is 0. The van der Waals surface area contributed by atoms with Crippen molar-refractivity contribution in [1.82, 2.24) is 0 Å². The molecule has 5 atom stereocenters. The summed E-state index contributed by atoms with van der Waals surface area (Å²) in [5, 5.41) is 4.41. The van der Waals surface area contributed by atoms with Gasteiger partial charge < -0.3 is 13.6 Å². The molecule has 0 amide bonds. The number of nitrogens with zero attached hydrogens (tertiary/aromatic N) is 3. The third-order valence-corrected chi connectivity index (χ3v) is 23.3. The third kappa shape index (κ3) is 10.1. The highest BCUT2D eigenvalue weighted by atomic mass is 28.4. The Morgan fingerprint density at radius 3 is 1.45 bits per heavy atom. The predicted octanol–water partition coefficient (Wildman–Crippen LogP) is 10.6. The summed E-state index contributed by atoms with van der Waals surface area (Å²) in [6.45, 7) is 41.6. The van der Waals surface area contributed by atoms with Crippen molar-refractivity contribution >= 4 is 32.8 Å². The van der Waals surface area contributed by atoms with Gasteiger partial charge in [-0.3, -0.25) is 0 Å². The minimum Gasteiger partial charge on any atom is -0.413 e. The molecule has 1 aliphatic heterocycles. The molecule has 0 aromatic heterocycles. The van der Waals surface area contributed by atoms with Crippen LogP contribution in [0.3, 0.4) is 0 Å². The van der Waals surface area contributed by atoms with Gasteiger partial charge in [-0.15, -0.1) is 17.0 Å². The highest BCUT2D eigenvalue weighted by Crippen LogP contribution is 2.47. The monoisotopic (exact) mass is 677 g/mol. The lowest BCUT2D eigenvalue weighted by atomic mass is 9.86. The zero-order chi connectivity index (χ0) is 34.4. The Bertz CT molecular complexity index is 1050. The molecular formula is C34H67N3O3Si4. The maximum Gasteiger partial charge on any atom is 0.200 e. The van der Waals surface area contributed by atoms with E-state index in [2.05, 4.69) is 155 Å². The molecule has 0 aliphatic carbocycles. The molecule has 0 aromatic rings. The first kappa shape index (κ1) is 41.2. The first-order valence-corrected chi connectivity index (χ1v) is 28.3. The van der Waals surface area contributed by atoms with Gasteiger partial charge in [0.25, 0.3) is 0 Å². The van der Waals surface area contributed by atoms with Crippen LogP contribution in [0.2, 0.25) is 72.5 Å². The molecule has 0 saturated carbocycles. The van der Waals surface area contributed by atoms with Crippen molar-refractivity contribution in [1.29, 1.82) is 0 Å². The standard InChI is InChI=1S/C34H67N3O3Si4/c1-24(2)43(25(3)4,26(5)6)38-23-32-30(19-21-41(13,14)15)34(40-44(27(7)8,28(9)10)29(11)12)33(36-37-35)31(39-32)20-22-42(16,17)18/h24-34H,23H2,1-18H3/t30-,31+,32-,33+,34+/m1/s1. The van der Waals surface area contributed by atoms with E-state index in [1.165, 1.54) is 0 Å². The van der Waals surface area contributed by atoms with E-state index >= 15 is 0 Å². The van der Waals surface area contributed by atoms with E-state index in [1.807, 2.05) is 0 Å². The van der Waals surface area contributed by atoms with Gasteiger partial charge in [-0.25, -0.2) is 0 Å². The molecular weight excluding hydrogens is 611 g/mol. The lowest BCUT2D eigenvalue weighted by molar-refractivity contribution is -0.120. The molecule has 0 bridgehead atoms. The van der Waals surface area contributed by atoms with Crippen LogP contribution >= 0.6 is 0 Å². The van der Waals surface area contributed by atoms with Crippen LogP contribution in [-0.4, -0.2) is 63.7 Å². The van der Waals surface area contributed by atoms with Crippen molar-refractivity contribution in [3.8, 4) is 22.9 Å². The summed E-state index contributed by atoms with van der Waals surface area (Å²) in [4.78, 5) is 3.35. The smallest absolute Gasteiger partial charge is 0.200 e. The molecule has 0 radical (unpaired) electrons. The molecule has 0 unspecified atom stereocenters. The molecule has 0 spiro atoms. The summed E-state index contributed by atoms with van der Waals surface area (Å²) in [6, 6.07) is -0.591. The van der Waals surface area contributed by atoms with Crippen LogP contribution in [0, 0.1) is 28.8 Å². The molecule has 1 rings (SSSR count). The van der Waals surface area contributed by atoms with Crippen LogP contribution in [-0.2, 0) is 13.6 Å². The van der Waals surface area contributed by atoms with E-state index in [9.17, 15) is 5.53 Å². The molecule has 1 saturated heterocycles. The van der Waals surface area contributed by atoms with Crippen molar-refractivity contribution in [2.24, 2.45) is 11.0 Å². The molecule has 6 nitrogen and oxygen atoms in total. The summed E-state index contributed by atoms with van der Waals surface area (Å²) < 4.78 is 21.7. The SMILES string of the molecule is CC(C)[Si](OC[C@H]1O[C@@H](C#C[Si](C)(C)C)[C@H](N=[N+]=[N-])[C@@H](O[Si](C(C)C)(C(C)C)C(C)C)[C@@H]1C#C[Si](C)(C)C)(C(C)C)C(C)C. The molecule has 252 valence electrons. The van der Waals surface area contributed by atoms with Gasteiger partial charge in [0.1, 0.15) is 28.3 Å².